The lowest BCUT2D eigenvalue weighted by atomic mass is 10.4. The van der Waals surface area contributed by atoms with Crippen molar-refractivity contribution in [2.24, 2.45) is 0 Å². The number of sulfonamides is 1. The SMILES string of the molecule is O=C(NNS(=O)(=O)c1ccc(F)cc1)c1sccc1I. The molecule has 0 aliphatic rings. The first-order valence-electron chi connectivity index (χ1n) is 5.21. The van der Waals surface area contributed by atoms with E-state index in [1.54, 1.807) is 11.4 Å². The second-order valence-corrected chi connectivity index (χ2v) is 7.37. The fourth-order valence-electron chi connectivity index (χ4n) is 1.30. The molecule has 9 heteroatoms. The molecule has 2 aromatic rings. The van der Waals surface area contributed by atoms with Crippen LogP contribution < -0.4 is 10.3 Å². The topological polar surface area (TPSA) is 75.3 Å². The van der Waals surface area contributed by atoms with Crippen LogP contribution in [0.15, 0.2) is 40.6 Å². The minimum atomic E-state index is -3.92. The van der Waals surface area contributed by atoms with E-state index in [1.807, 2.05) is 27.4 Å². The average Bonchev–Trinajstić information content (AvgIpc) is 2.83. The van der Waals surface area contributed by atoms with E-state index in [4.69, 9.17) is 0 Å². The summed E-state index contributed by atoms with van der Waals surface area (Å²) in [4.78, 5) is 14.0. The second-order valence-electron chi connectivity index (χ2n) is 3.61. The molecule has 0 atom stereocenters. The van der Waals surface area contributed by atoms with Crippen LogP contribution in [0.1, 0.15) is 9.67 Å². The summed E-state index contributed by atoms with van der Waals surface area (Å²) in [5.41, 5.74) is 2.11. The number of rotatable bonds is 4. The van der Waals surface area contributed by atoms with Gasteiger partial charge in [0.05, 0.1) is 4.90 Å². The monoisotopic (exact) mass is 426 g/mol. The van der Waals surface area contributed by atoms with Crippen LogP contribution in [-0.2, 0) is 10.0 Å². The van der Waals surface area contributed by atoms with Crippen LogP contribution in [0.25, 0.3) is 0 Å². The van der Waals surface area contributed by atoms with Gasteiger partial charge >= 0.3 is 0 Å². The lowest BCUT2D eigenvalue weighted by molar-refractivity contribution is 0.0948. The van der Waals surface area contributed by atoms with Crippen molar-refractivity contribution >= 4 is 49.9 Å². The summed E-state index contributed by atoms with van der Waals surface area (Å²) in [5.74, 6) is -1.09. The van der Waals surface area contributed by atoms with Gasteiger partial charge in [0, 0.05) is 3.57 Å². The predicted molar refractivity (Wildman–Crippen MR) is 81.2 cm³/mol. The fraction of sp³-hybridized carbons (Fsp3) is 0. The zero-order valence-corrected chi connectivity index (χ0v) is 13.6. The molecule has 5 nitrogen and oxygen atoms in total. The summed E-state index contributed by atoms with van der Waals surface area (Å²) < 4.78 is 37.2. The zero-order valence-electron chi connectivity index (χ0n) is 9.76. The van der Waals surface area contributed by atoms with E-state index in [-0.39, 0.29) is 4.90 Å². The number of hydrogen-bond acceptors (Lipinski definition) is 4. The number of thiophene rings is 1. The first-order valence-corrected chi connectivity index (χ1v) is 8.65. The molecule has 0 unspecified atom stereocenters. The van der Waals surface area contributed by atoms with E-state index in [1.165, 1.54) is 11.3 Å². The van der Waals surface area contributed by atoms with E-state index in [0.29, 0.717) is 4.88 Å². The Morgan fingerprint density at radius 1 is 1.20 bits per heavy atom. The number of carbonyl (C=O) groups is 1. The number of hydrogen-bond donors (Lipinski definition) is 2. The van der Waals surface area contributed by atoms with Crippen molar-refractivity contribution in [2.45, 2.75) is 4.90 Å². The summed E-state index contributed by atoms with van der Waals surface area (Å²) in [6.45, 7) is 0. The average molecular weight is 426 g/mol. The van der Waals surface area contributed by atoms with Gasteiger partial charge in [-0.15, -0.1) is 16.2 Å². The second kappa shape index (κ2) is 6.16. The van der Waals surface area contributed by atoms with Gasteiger partial charge in [0.15, 0.2) is 0 Å². The maximum Gasteiger partial charge on any atom is 0.277 e. The molecule has 2 N–H and O–H groups in total. The molecular formula is C11H8FIN2O3S2. The molecule has 0 aliphatic heterocycles. The molecule has 0 saturated heterocycles. The summed E-state index contributed by atoms with van der Waals surface area (Å²) in [6.07, 6.45) is 0. The third-order valence-electron chi connectivity index (χ3n) is 2.25. The standard InChI is InChI=1S/C11H8FIN2O3S2/c12-7-1-3-8(4-2-7)20(17,18)15-14-11(16)10-9(13)5-6-19-10/h1-6,15H,(H,14,16). The van der Waals surface area contributed by atoms with E-state index in [2.05, 4.69) is 5.43 Å². The molecule has 1 heterocycles. The highest BCUT2D eigenvalue weighted by molar-refractivity contribution is 14.1. The Morgan fingerprint density at radius 2 is 1.85 bits per heavy atom. The van der Waals surface area contributed by atoms with Crippen LogP contribution in [0.2, 0.25) is 0 Å². The highest BCUT2D eigenvalue weighted by atomic mass is 127. The van der Waals surface area contributed by atoms with Gasteiger partial charge in [-0.25, -0.2) is 12.8 Å². The van der Waals surface area contributed by atoms with Crippen molar-refractivity contribution in [3.8, 4) is 0 Å². The summed E-state index contributed by atoms with van der Waals surface area (Å²) in [6, 6.07) is 6.02. The molecule has 20 heavy (non-hydrogen) atoms. The largest absolute Gasteiger partial charge is 0.277 e. The Kier molecular flexibility index (Phi) is 4.73. The first kappa shape index (κ1) is 15.4. The Labute approximate surface area is 132 Å². The van der Waals surface area contributed by atoms with Crippen LogP contribution in [-0.4, -0.2) is 14.3 Å². The van der Waals surface area contributed by atoms with Crippen molar-refractivity contribution in [3.05, 3.63) is 50.0 Å². The van der Waals surface area contributed by atoms with Crippen LogP contribution in [0.5, 0.6) is 0 Å². The van der Waals surface area contributed by atoms with Crippen LogP contribution in [0.3, 0.4) is 0 Å². The summed E-state index contributed by atoms with van der Waals surface area (Å²) in [7, 11) is -3.92. The van der Waals surface area contributed by atoms with Gasteiger partial charge in [0.2, 0.25) is 0 Å². The third-order valence-corrected chi connectivity index (χ3v) is 5.69. The Morgan fingerprint density at radius 3 is 2.40 bits per heavy atom. The molecule has 1 aromatic carbocycles. The molecule has 0 aliphatic carbocycles. The number of carbonyl (C=O) groups excluding carboxylic acids is 1. The molecule has 0 spiro atoms. The maximum atomic E-state index is 12.7. The minimum absolute atomic E-state index is 0.139. The van der Waals surface area contributed by atoms with Gasteiger partial charge in [0.1, 0.15) is 10.7 Å². The molecule has 0 saturated carbocycles. The van der Waals surface area contributed by atoms with Gasteiger partial charge in [-0.2, -0.15) is 0 Å². The minimum Gasteiger partial charge on any atom is -0.273 e. The van der Waals surface area contributed by atoms with Crippen LogP contribution in [0, 0.1) is 9.39 Å². The number of nitrogens with one attached hydrogen (secondary N) is 2. The maximum absolute atomic E-state index is 12.7. The lowest BCUT2D eigenvalue weighted by Gasteiger charge is -2.07. The molecule has 2 rings (SSSR count). The molecule has 1 amide bonds. The smallest absolute Gasteiger partial charge is 0.273 e. The van der Waals surface area contributed by atoms with E-state index >= 15 is 0 Å². The van der Waals surface area contributed by atoms with Crippen molar-refractivity contribution in [3.63, 3.8) is 0 Å². The van der Waals surface area contributed by atoms with Gasteiger partial charge in [-0.1, -0.05) is 0 Å². The molecular weight excluding hydrogens is 418 g/mol. The molecule has 0 radical (unpaired) electrons. The molecule has 0 bridgehead atoms. The molecule has 1 aromatic heterocycles. The normalized spacial score (nSPS) is 11.3. The predicted octanol–water partition coefficient (Wildman–Crippen LogP) is 2.12. The van der Waals surface area contributed by atoms with Crippen LogP contribution >= 0.6 is 33.9 Å². The van der Waals surface area contributed by atoms with E-state index in [0.717, 1.165) is 27.8 Å². The Hall–Kier alpha value is -1.04. The molecule has 0 fully saturated rings. The molecule has 106 valence electrons. The summed E-state index contributed by atoms with van der Waals surface area (Å²) in [5, 5.41) is 1.73. The van der Waals surface area contributed by atoms with Gasteiger partial charge < -0.3 is 0 Å². The lowest BCUT2D eigenvalue weighted by Crippen LogP contribution is -2.41. The van der Waals surface area contributed by atoms with Gasteiger partial charge in [-0.3, -0.25) is 10.2 Å². The fourth-order valence-corrected chi connectivity index (χ4v) is 3.87. The quantitative estimate of drug-likeness (QED) is 0.581. The van der Waals surface area contributed by atoms with Gasteiger partial charge in [0.25, 0.3) is 15.9 Å². The van der Waals surface area contributed by atoms with E-state index < -0.39 is 21.7 Å². The summed E-state index contributed by atoms with van der Waals surface area (Å²) >= 11 is 3.18. The highest BCUT2D eigenvalue weighted by Crippen LogP contribution is 2.18. The first-order chi connectivity index (χ1) is 9.40. The third kappa shape index (κ3) is 3.53. The van der Waals surface area contributed by atoms with Crippen molar-refractivity contribution in [1.29, 1.82) is 0 Å². The Bertz CT molecular complexity index is 728. The van der Waals surface area contributed by atoms with Gasteiger partial charge in [-0.05, 0) is 58.3 Å². The number of halogens is 2. The van der Waals surface area contributed by atoms with Crippen LogP contribution in [0.4, 0.5) is 4.39 Å². The number of amides is 1. The van der Waals surface area contributed by atoms with Crippen molar-refractivity contribution in [2.75, 3.05) is 0 Å². The number of benzene rings is 1. The van der Waals surface area contributed by atoms with Crippen molar-refractivity contribution in [1.82, 2.24) is 10.3 Å². The van der Waals surface area contributed by atoms with Crippen molar-refractivity contribution < 1.29 is 17.6 Å². The van der Waals surface area contributed by atoms with E-state index in [9.17, 15) is 17.6 Å². The Balaban J connectivity index is 2.08. The number of hydrazine groups is 1. The highest BCUT2D eigenvalue weighted by Gasteiger charge is 2.17. The zero-order chi connectivity index (χ0) is 14.8.